The van der Waals surface area contributed by atoms with Crippen molar-refractivity contribution in [1.29, 1.82) is 0 Å². The van der Waals surface area contributed by atoms with Crippen LogP contribution < -0.4 is 14.8 Å². The highest BCUT2D eigenvalue weighted by Gasteiger charge is 2.32. The minimum Gasteiger partial charge on any atom is -0.450 e. The van der Waals surface area contributed by atoms with Crippen LogP contribution in [0.15, 0.2) is 30.5 Å². The molecule has 0 bridgehead atoms. The Hall–Kier alpha value is -3.01. The second kappa shape index (κ2) is 12.1. The first kappa shape index (κ1) is 26.6. The molecule has 1 heterocycles. The van der Waals surface area contributed by atoms with Crippen LogP contribution in [0.2, 0.25) is 5.02 Å². The van der Waals surface area contributed by atoms with E-state index >= 15 is 0 Å². The predicted molar refractivity (Wildman–Crippen MR) is 122 cm³/mol. The maximum atomic E-state index is 12.9. The van der Waals surface area contributed by atoms with Gasteiger partial charge < -0.3 is 19.5 Å². The fourth-order valence-corrected chi connectivity index (χ4v) is 3.28. The third-order valence-electron chi connectivity index (χ3n) is 5.12. The van der Waals surface area contributed by atoms with Gasteiger partial charge in [-0.3, -0.25) is 4.79 Å². The van der Waals surface area contributed by atoms with Gasteiger partial charge in [0.1, 0.15) is 16.5 Å². The first-order valence-electron chi connectivity index (χ1n) is 11.3. The summed E-state index contributed by atoms with van der Waals surface area (Å²) in [5.41, 5.74) is -0.366. The number of carbonyl (C=O) groups is 2. The van der Waals surface area contributed by atoms with Gasteiger partial charge in [-0.1, -0.05) is 24.6 Å². The first-order chi connectivity index (χ1) is 16.7. The zero-order valence-corrected chi connectivity index (χ0v) is 19.9. The van der Waals surface area contributed by atoms with Gasteiger partial charge in [0.2, 0.25) is 5.88 Å². The minimum absolute atomic E-state index is 0.155. The summed E-state index contributed by atoms with van der Waals surface area (Å²) >= 11 is 5.98. The number of amides is 1. The maximum Gasteiger partial charge on any atom is 0.417 e. The topological polar surface area (TPSA) is 86.8 Å². The molecule has 190 valence electrons. The van der Waals surface area contributed by atoms with Gasteiger partial charge in [-0.05, 0) is 55.7 Å². The number of pyridine rings is 1. The number of rotatable bonds is 11. The molecule has 0 radical (unpaired) electrons. The van der Waals surface area contributed by atoms with Crippen molar-refractivity contribution in [2.45, 2.75) is 51.6 Å². The number of esters is 1. The number of halogens is 4. The monoisotopic (exact) mass is 514 g/mol. The summed E-state index contributed by atoms with van der Waals surface area (Å²) in [6.45, 7) is 2.60. The van der Waals surface area contributed by atoms with Crippen LogP contribution in [0.5, 0.6) is 17.4 Å². The van der Waals surface area contributed by atoms with E-state index in [1.165, 1.54) is 6.07 Å². The van der Waals surface area contributed by atoms with Crippen LogP contribution in [0.3, 0.4) is 0 Å². The lowest BCUT2D eigenvalue weighted by molar-refractivity contribution is -0.138. The van der Waals surface area contributed by atoms with Crippen LogP contribution in [0.4, 0.5) is 18.0 Å². The molecule has 0 aliphatic heterocycles. The summed E-state index contributed by atoms with van der Waals surface area (Å²) < 4.78 is 54.9. The molecule has 0 spiro atoms. The Morgan fingerprint density at radius 3 is 2.66 bits per heavy atom. The largest absolute Gasteiger partial charge is 0.450 e. The summed E-state index contributed by atoms with van der Waals surface area (Å²) in [6.07, 6.45) is -0.520. The van der Waals surface area contributed by atoms with E-state index in [1.807, 2.05) is 6.92 Å². The number of benzene rings is 1. The lowest BCUT2D eigenvalue weighted by atomic mass is 10.1. The second-order valence-corrected chi connectivity index (χ2v) is 8.58. The number of aromatic nitrogens is 1. The Labute approximate surface area is 205 Å². The summed E-state index contributed by atoms with van der Waals surface area (Å²) in [4.78, 5) is 27.3. The zero-order valence-electron chi connectivity index (χ0n) is 19.1. The molecule has 7 nitrogen and oxygen atoms in total. The number of alkyl carbamates (subject to hydrolysis) is 1. The molecule has 1 saturated carbocycles. The SMILES string of the molecule is CCCC(=O)Oc1ccc(CCCOC(=O)NCC2CC2)c(Oc2ncc(C(F)(F)F)cc2Cl)c1. The summed E-state index contributed by atoms with van der Waals surface area (Å²) in [6, 6.07) is 5.42. The number of hydrogen-bond donors (Lipinski definition) is 1. The van der Waals surface area contributed by atoms with Crippen molar-refractivity contribution < 1.29 is 37.0 Å². The number of nitrogens with zero attached hydrogens (tertiary/aromatic N) is 1. The third-order valence-corrected chi connectivity index (χ3v) is 5.39. The molecule has 11 heteroatoms. The van der Waals surface area contributed by atoms with E-state index < -0.39 is 23.8 Å². The molecule has 3 rings (SSSR count). The van der Waals surface area contributed by atoms with E-state index in [0.717, 1.165) is 18.9 Å². The smallest absolute Gasteiger partial charge is 0.417 e. The number of ether oxygens (including phenoxy) is 3. The Kier molecular flexibility index (Phi) is 9.20. The molecular weight excluding hydrogens is 489 g/mol. The van der Waals surface area contributed by atoms with Crippen molar-refractivity contribution >= 4 is 23.7 Å². The molecule has 0 saturated heterocycles. The standard InChI is InChI=1S/C24H26ClF3N2O5/c1-2-4-21(31)34-18-9-8-16(5-3-10-33-23(32)30-13-15-6-7-15)20(12-18)35-22-19(25)11-17(14-29-22)24(26,27)28/h8-9,11-12,14-15H,2-7,10,13H2,1H3,(H,30,32). The highest BCUT2D eigenvalue weighted by atomic mass is 35.5. The van der Waals surface area contributed by atoms with Crippen molar-refractivity contribution in [3.05, 3.63) is 46.6 Å². The number of aryl methyl sites for hydroxylation is 1. The lowest BCUT2D eigenvalue weighted by Crippen LogP contribution is -2.26. The van der Waals surface area contributed by atoms with Gasteiger partial charge in [-0.25, -0.2) is 9.78 Å². The van der Waals surface area contributed by atoms with Crippen molar-refractivity contribution in [2.24, 2.45) is 5.92 Å². The summed E-state index contributed by atoms with van der Waals surface area (Å²) in [5.74, 6) is 0.300. The van der Waals surface area contributed by atoms with Crippen LogP contribution in [0.25, 0.3) is 0 Å². The van der Waals surface area contributed by atoms with Gasteiger partial charge in [-0.2, -0.15) is 13.2 Å². The van der Waals surface area contributed by atoms with Crippen LogP contribution in [-0.4, -0.2) is 30.2 Å². The van der Waals surface area contributed by atoms with Gasteiger partial charge in [0.25, 0.3) is 0 Å². The molecular formula is C24H26ClF3N2O5. The van der Waals surface area contributed by atoms with Crippen molar-refractivity contribution in [3.63, 3.8) is 0 Å². The third kappa shape index (κ3) is 8.61. The Morgan fingerprint density at radius 1 is 1.23 bits per heavy atom. The fourth-order valence-electron chi connectivity index (χ4n) is 3.07. The second-order valence-electron chi connectivity index (χ2n) is 8.17. The van der Waals surface area contributed by atoms with E-state index in [-0.39, 0.29) is 35.4 Å². The molecule has 1 aromatic heterocycles. The molecule has 1 fully saturated rings. The highest BCUT2D eigenvalue weighted by Crippen LogP contribution is 2.36. The molecule has 1 aromatic carbocycles. The molecule has 2 aromatic rings. The van der Waals surface area contributed by atoms with Crippen molar-refractivity contribution in [1.82, 2.24) is 10.3 Å². The van der Waals surface area contributed by atoms with E-state index in [1.54, 1.807) is 12.1 Å². The van der Waals surface area contributed by atoms with Crippen molar-refractivity contribution in [2.75, 3.05) is 13.2 Å². The molecule has 1 aliphatic rings. The lowest BCUT2D eigenvalue weighted by Gasteiger charge is -2.14. The Bertz CT molecular complexity index is 1040. The van der Waals surface area contributed by atoms with Gasteiger partial charge in [0.05, 0.1) is 12.2 Å². The molecule has 0 unspecified atom stereocenters. The normalized spacial score (nSPS) is 13.3. The van der Waals surface area contributed by atoms with E-state index in [2.05, 4.69) is 10.3 Å². The number of nitrogens with one attached hydrogen (secondary N) is 1. The average Bonchev–Trinajstić information content (AvgIpc) is 3.62. The molecule has 1 aliphatic carbocycles. The maximum absolute atomic E-state index is 12.9. The van der Waals surface area contributed by atoms with Crippen LogP contribution in [0, 0.1) is 5.92 Å². The number of alkyl halides is 3. The zero-order chi connectivity index (χ0) is 25.4. The minimum atomic E-state index is -4.60. The van der Waals surface area contributed by atoms with Gasteiger partial charge in [0.15, 0.2) is 0 Å². The Balaban J connectivity index is 1.69. The fraction of sp³-hybridized carbons (Fsp3) is 0.458. The Morgan fingerprint density at radius 2 is 2.00 bits per heavy atom. The molecule has 1 amide bonds. The number of carbonyl (C=O) groups excluding carboxylic acids is 2. The van der Waals surface area contributed by atoms with Gasteiger partial charge in [-0.15, -0.1) is 0 Å². The van der Waals surface area contributed by atoms with E-state index in [9.17, 15) is 22.8 Å². The van der Waals surface area contributed by atoms with Gasteiger partial charge in [0, 0.05) is 25.2 Å². The van der Waals surface area contributed by atoms with Gasteiger partial charge >= 0.3 is 18.2 Å². The summed E-state index contributed by atoms with van der Waals surface area (Å²) in [5, 5.41) is 2.38. The first-order valence-corrected chi connectivity index (χ1v) is 11.7. The predicted octanol–water partition coefficient (Wildman–Crippen LogP) is 6.32. The quantitative estimate of drug-likeness (QED) is 0.214. The van der Waals surface area contributed by atoms with Crippen LogP contribution in [0.1, 0.15) is 50.2 Å². The summed E-state index contributed by atoms with van der Waals surface area (Å²) in [7, 11) is 0. The molecule has 35 heavy (non-hydrogen) atoms. The van der Waals surface area contributed by atoms with Crippen LogP contribution in [-0.2, 0) is 22.1 Å². The van der Waals surface area contributed by atoms with Crippen molar-refractivity contribution in [3.8, 4) is 17.4 Å². The highest BCUT2D eigenvalue weighted by molar-refractivity contribution is 6.31. The van der Waals surface area contributed by atoms with E-state index in [4.69, 9.17) is 25.8 Å². The van der Waals surface area contributed by atoms with Crippen LogP contribution >= 0.6 is 11.6 Å². The number of hydrogen-bond acceptors (Lipinski definition) is 6. The molecule has 1 N–H and O–H groups in total. The molecule has 0 atom stereocenters. The van der Waals surface area contributed by atoms with E-state index in [0.29, 0.717) is 43.5 Å². The average molecular weight is 515 g/mol.